The van der Waals surface area contributed by atoms with Crippen LogP contribution < -0.4 is 5.32 Å². The van der Waals surface area contributed by atoms with E-state index < -0.39 is 9.84 Å². The molecule has 0 amide bonds. The maximum Gasteiger partial charge on any atom is 0.153 e. The molecule has 114 valence electrons. The third-order valence-electron chi connectivity index (χ3n) is 4.29. The molecule has 0 unspecified atom stereocenters. The Morgan fingerprint density at radius 3 is 2.16 bits per heavy atom. The summed E-state index contributed by atoms with van der Waals surface area (Å²) in [4.78, 5) is 0. The molecule has 1 aliphatic rings. The summed E-state index contributed by atoms with van der Waals surface area (Å²) < 4.78 is 23.5. The van der Waals surface area contributed by atoms with Crippen molar-refractivity contribution >= 4 is 9.84 Å². The average molecular weight is 289 g/mol. The molecule has 0 atom stereocenters. The lowest BCUT2D eigenvalue weighted by atomic mass is 9.78. The third kappa shape index (κ3) is 5.42. The van der Waals surface area contributed by atoms with Crippen LogP contribution in [0.3, 0.4) is 0 Å². The summed E-state index contributed by atoms with van der Waals surface area (Å²) in [7, 11) is -2.90. The molecular formula is C15H31NO2S. The molecule has 0 bridgehead atoms. The molecule has 0 aromatic carbocycles. The SMILES string of the molecule is CC(C)CC1(CNCCS(=O)(=O)C(C)C)CCCC1. The van der Waals surface area contributed by atoms with Gasteiger partial charge in [-0.25, -0.2) is 8.42 Å². The fourth-order valence-corrected chi connectivity index (χ4v) is 4.15. The van der Waals surface area contributed by atoms with Crippen molar-refractivity contribution in [3.05, 3.63) is 0 Å². The highest BCUT2D eigenvalue weighted by Gasteiger charge is 2.33. The summed E-state index contributed by atoms with van der Waals surface area (Å²) in [5.74, 6) is 0.988. The first-order valence-corrected chi connectivity index (χ1v) is 9.41. The van der Waals surface area contributed by atoms with Gasteiger partial charge in [0.15, 0.2) is 9.84 Å². The van der Waals surface area contributed by atoms with Crippen LogP contribution in [-0.4, -0.2) is 32.5 Å². The molecule has 1 N–H and O–H groups in total. The van der Waals surface area contributed by atoms with Gasteiger partial charge in [-0.2, -0.15) is 0 Å². The molecule has 19 heavy (non-hydrogen) atoms. The van der Waals surface area contributed by atoms with Crippen LogP contribution in [-0.2, 0) is 9.84 Å². The smallest absolute Gasteiger partial charge is 0.153 e. The fourth-order valence-electron chi connectivity index (χ4n) is 3.25. The Balaban J connectivity index is 2.38. The van der Waals surface area contributed by atoms with Crippen molar-refractivity contribution in [2.75, 3.05) is 18.8 Å². The Morgan fingerprint density at radius 2 is 1.68 bits per heavy atom. The predicted molar refractivity (Wildman–Crippen MR) is 82.1 cm³/mol. The van der Waals surface area contributed by atoms with Crippen molar-refractivity contribution in [2.45, 2.75) is 65.0 Å². The Morgan fingerprint density at radius 1 is 1.11 bits per heavy atom. The highest BCUT2D eigenvalue weighted by atomic mass is 32.2. The van der Waals surface area contributed by atoms with Crippen molar-refractivity contribution < 1.29 is 8.42 Å². The number of rotatable bonds is 8. The lowest BCUT2D eigenvalue weighted by Crippen LogP contribution is -2.36. The van der Waals surface area contributed by atoms with Gasteiger partial charge < -0.3 is 5.32 Å². The van der Waals surface area contributed by atoms with E-state index in [0.29, 0.717) is 12.0 Å². The summed E-state index contributed by atoms with van der Waals surface area (Å²) in [5, 5.41) is 3.15. The second-order valence-electron chi connectivity index (χ2n) is 6.90. The molecule has 0 aliphatic heterocycles. The van der Waals surface area contributed by atoms with Gasteiger partial charge in [-0.05, 0) is 44.4 Å². The minimum Gasteiger partial charge on any atom is -0.315 e. The largest absolute Gasteiger partial charge is 0.315 e. The third-order valence-corrected chi connectivity index (χ3v) is 6.50. The molecule has 0 aromatic rings. The van der Waals surface area contributed by atoms with E-state index in [2.05, 4.69) is 19.2 Å². The van der Waals surface area contributed by atoms with Crippen LogP contribution in [0.25, 0.3) is 0 Å². The molecule has 0 heterocycles. The van der Waals surface area contributed by atoms with E-state index in [1.54, 1.807) is 13.8 Å². The topological polar surface area (TPSA) is 46.2 Å². The highest BCUT2D eigenvalue weighted by molar-refractivity contribution is 7.92. The van der Waals surface area contributed by atoms with Crippen molar-refractivity contribution in [1.29, 1.82) is 0 Å². The summed E-state index contributed by atoms with van der Waals surface area (Å²) in [5.41, 5.74) is 0.426. The second kappa shape index (κ2) is 7.07. The Labute approximate surface area is 119 Å². The molecule has 1 aliphatic carbocycles. The van der Waals surface area contributed by atoms with Crippen LogP contribution in [0.4, 0.5) is 0 Å². The Kier molecular flexibility index (Phi) is 6.31. The molecule has 0 spiro atoms. The van der Waals surface area contributed by atoms with Gasteiger partial charge in [0, 0.05) is 13.1 Å². The quantitative estimate of drug-likeness (QED) is 0.699. The lowest BCUT2D eigenvalue weighted by molar-refractivity contribution is 0.226. The summed E-state index contributed by atoms with van der Waals surface area (Å²) in [6.07, 6.45) is 6.53. The second-order valence-corrected chi connectivity index (χ2v) is 9.57. The zero-order valence-corrected chi connectivity index (χ0v) is 13.9. The monoisotopic (exact) mass is 289 g/mol. The molecule has 0 aromatic heterocycles. The molecule has 1 fully saturated rings. The molecule has 0 radical (unpaired) electrons. The van der Waals surface area contributed by atoms with Crippen molar-refractivity contribution in [3.63, 3.8) is 0 Å². The van der Waals surface area contributed by atoms with E-state index in [-0.39, 0.29) is 11.0 Å². The van der Waals surface area contributed by atoms with E-state index in [1.807, 2.05) is 0 Å². The van der Waals surface area contributed by atoms with E-state index in [4.69, 9.17) is 0 Å². The van der Waals surface area contributed by atoms with Crippen molar-refractivity contribution in [3.8, 4) is 0 Å². The first-order valence-electron chi connectivity index (χ1n) is 7.70. The number of hydrogen-bond acceptors (Lipinski definition) is 3. The van der Waals surface area contributed by atoms with Gasteiger partial charge in [-0.3, -0.25) is 0 Å². The average Bonchev–Trinajstić information content (AvgIpc) is 2.72. The molecule has 1 rings (SSSR count). The normalized spacial score (nSPS) is 19.5. The van der Waals surface area contributed by atoms with Crippen molar-refractivity contribution in [1.82, 2.24) is 5.32 Å². The van der Waals surface area contributed by atoms with Crippen LogP contribution in [0.5, 0.6) is 0 Å². The first-order chi connectivity index (χ1) is 8.77. The minimum absolute atomic E-state index is 0.259. The van der Waals surface area contributed by atoms with Crippen LogP contribution in [0, 0.1) is 11.3 Å². The summed E-state index contributed by atoms with van der Waals surface area (Å²) in [6.45, 7) is 9.66. The summed E-state index contributed by atoms with van der Waals surface area (Å²) in [6, 6.07) is 0. The van der Waals surface area contributed by atoms with Crippen LogP contribution in [0.2, 0.25) is 0 Å². The molecule has 3 nitrogen and oxygen atoms in total. The van der Waals surface area contributed by atoms with E-state index >= 15 is 0 Å². The highest BCUT2D eigenvalue weighted by Crippen LogP contribution is 2.42. The maximum atomic E-state index is 11.7. The minimum atomic E-state index is -2.90. The van der Waals surface area contributed by atoms with Crippen molar-refractivity contribution in [2.24, 2.45) is 11.3 Å². The van der Waals surface area contributed by atoms with Gasteiger partial charge in [-0.15, -0.1) is 0 Å². The van der Waals surface area contributed by atoms with E-state index in [0.717, 1.165) is 12.5 Å². The van der Waals surface area contributed by atoms with Crippen LogP contribution in [0.1, 0.15) is 59.8 Å². The van der Waals surface area contributed by atoms with Gasteiger partial charge in [0.2, 0.25) is 0 Å². The van der Waals surface area contributed by atoms with Gasteiger partial charge in [0.25, 0.3) is 0 Å². The first kappa shape index (κ1) is 17.0. The van der Waals surface area contributed by atoms with E-state index in [9.17, 15) is 8.42 Å². The van der Waals surface area contributed by atoms with E-state index in [1.165, 1.54) is 32.1 Å². The van der Waals surface area contributed by atoms with Crippen LogP contribution >= 0.6 is 0 Å². The standard InChI is InChI=1S/C15H31NO2S/c1-13(2)11-15(7-5-6-8-15)12-16-9-10-19(17,18)14(3)4/h13-14,16H,5-12H2,1-4H3. The summed E-state index contributed by atoms with van der Waals surface area (Å²) >= 11 is 0. The molecule has 1 saturated carbocycles. The Bertz CT molecular complexity index is 354. The number of sulfone groups is 1. The van der Waals surface area contributed by atoms with Crippen LogP contribution in [0.15, 0.2) is 0 Å². The zero-order chi connectivity index (χ0) is 14.5. The molecular weight excluding hydrogens is 258 g/mol. The van der Waals surface area contributed by atoms with Gasteiger partial charge in [0.05, 0.1) is 11.0 Å². The van der Waals surface area contributed by atoms with Gasteiger partial charge in [-0.1, -0.05) is 26.7 Å². The lowest BCUT2D eigenvalue weighted by Gasteiger charge is -2.31. The van der Waals surface area contributed by atoms with Gasteiger partial charge in [0.1, 0.15) is 0 Å². The molecule has 0 saturated heterocycles. The predicted octanol–water partition coefficient (Wildman–Crippen LogP) is 3.01. The number of hydrogen-bond donors (Lipinski definition) is 1. The maximum absolute atomic E-state index is 11.7. The van der Waals surface area contributed by atoms with Gasteiger partial charge >= 0.3 is 0 Å². The fraction of sp³-hybridized carbons (Fsp3) is 1.00. The Hall–Kier alpha value is -0.0900. The number of nitrogens with one attached hydrogen (secondary N) is 1. The zero-order valence-electron chi connectivity index (χ0n) is 13.0. The molecule has 4 heteroatoms.